The van der Waals surface area contributed by atoms with E-state index in [1.807, 2.05) is 0 Å². The van der Waals surface area contributed by atoms with Gasteiger partial charge in [-0.25, -0.2) is 8.42 Å². The molecule has 0 bridgehead atoms. The predicted octanol–water partition coefficient (Wildman–Crippen LogP) is 0.999. The van der Waals surface area contributed by atoms with Gasteiger partial charge in [0.25, 0.3) is 0 Å². The quantitative estimate of drug-likeness (QED) is 0.713. The Kier molecular flexibility index (Phi) is 4.13. The van der Waals surface area contributed by atoms with Gasteiger partial charge in [0.2, 0.25) is 15.7 Å². The summed E-state index contributed by atoms with van der Waals surface area (Å²) in [4.78, 5) is 11.0. The van der Waals surface area contributed by atoms with Crippen LogP contribution < -0.4 is 16.8 Å². The lowest BCUT2D eigenvalue weighted by atomic mass is 10.3. The predicted molar refractivity (Wildman–Crippen MR) is 80.4 cm³/mol. The number of carbonyl (C=O) groups is 1. The van der Waals surface area contributed by atoms with Gasteiger partial charge < -0.3 is 16.8 Å². The fourth-order valence-electron chi connectivity index (χ4n) is 1.72. The molecule has 1 amide bonds. The molecule has 0 fully saturated rings. The van der Waals surface area contributed by atoms with Crippen LogP contribution in [0.2, 0.25) is 0 Å². The fourth-order valence-corrected chi connectivity index (χ4v) is 2.99. The lowest BCUT2D eigenvalue weighted by Crippen LogP contribution is -2.21. The summed E-state index contributed by atoms with van der Waals surface area (Å²) < 4.78 is 24.8. The number of nitrogen functional groups attached to an aromatic ring is 1. The van der Waals surface area contributed by atoms with Crippen LogP contribution in [-0.2, 0) is 14.6 Å². The van der Waals surface area contributed by atoms with Gasteiger partial charge in [-0.1, -0.05) is 0 Å². The summed E-state index contributed by atoms with van der Waals surface area (Å²) in [6, 6.07) is 12.1. The van der Waals surface area contributed by atoms with Crippen molar-refractivity contribution in [2.75, 3.05) is 17.6 Å². The van der Waals surface area contributed by atoms with E-state index in [2.05, 4.69) is 5.32 Å². The highest BCUT2D eigenvalue weighted by molar-refractivity contribution is 7.91. The van der Waals surface area contributed by atoms with E-state index in [0.717, 1.165) is 0 Å². The SMILES string of the molecule is NC(=O)CNc1ccc(S(=O)(=O)c2ccc(N)cc2)cc1. The molecule has 0 aliphatic heterocycles. The van der Waals surface area contributed by atoms with Crippen molar-refractivity contribution in [1.82, 2.24) is 0 Å². The molecule has 6 nitrogen and oxygen atoms in total. The number of hydrogen-bond donors (Lipinski definition) is 3. The lowest BCUT2D eigenvalue weighted by Gasteiger charge is -2.07. The van der Waals surface area contributed by atoms with Crippen LogP contribution >= 0.6 is 0 Å². The van der Waals surface area contributed by atoms with E-state index in [9.17, 15) is 13.2 Å². The van der Waals surface area contributed by atoms with Crippen molar-refractivity contribution < 1.29 is 13.2 Å². The average molecular weight is 305 g/mol. The summed E-state index contributed by atoms with van der Waals surface area (Å²) in [5.74, 6) is -0.492. The highest BCUT2D eigenvalue weighted by Gasteiger charge is 2.17. The second kappa shape index (κ2) is 5.84. The van der Waals surface area contributed by atoms with Gasteiger partial charge in [-0.15, -0.1) is 0 Å². The monoisotopic (exact) mass is 305 g/mol. The Hall–Kier alpha value is -2.54. The normalized spacial score (nSPS) is 11.0. The van der Waals surface area contributed by atoms with Crippen molar-refractivity contribution >= 4 is 27.1 Å². The molecule has 110 valence electrons. The first-order chi connectivity index (χ1) is 9.89. The van der Waals surface area contributed by atoms with Gasteiger partial charge in [0.15, 0.2) is 0 Å². The van der Waals surface area contributed by atoms with E-state index >= 15 is 0 Å². The minimum absolute atomic E-state index is 0.00986. The van der Waals surface area contributed by atoms with Crippen LogP contribution in [0.5, 0.6) is 0 Å². The van der Waals surface area contributed by atoms with E-state index in [4.69, 9.17) is 11.5 Å². The number of sulfone groups is 1. The van der Waals surface area contributed by atoms with Gasteiger partial charge >= 0.3 is 0 Å². The molecule has 7 heteroatoms. The fraction of sp³-hybridized carbons (Fsp3) is 0.0714. The van der Waals surface area contributed by atoms with Gasteiger partial charge in [0, 0.05) is 11.4 Å². The minimum Gasteiger partial charge on any atom is -0.399 e. The molecule has 2 aromatic rings. The molecule has 0 saturated carbocycles. The number of carbonyl (C=O) groups excluding carboxylic acids is 1. The molecule has 0 aliphatic rings. The van der Waals surface area contributed by atoms with Gasteiger partial charge in [-0.05, 0) is 48.5 Å². The maximum atomic E-state index is 12.4. The summed E-state index contributed by atoms with van der Waals surface area (Å²) in [5.41, 5.74) is 11.7. The van der Waals surface area contributed by atoms with Gasteiger partial charge in [-0.2, -0.15) is 0 Å². The van der Waals surface area contributed by atoms with E-state index in [0.29, 0.717) is 11.4 Å². The van der Waals surface area contributed by atoms with Crippen LogP contribution in [0.25, 0.3) is 0 Å². The number of nitrogens with two attached hydrogens (primary N) is 2. The maximum Gasteiger partial charge on any atom is 0.236 e. The zero-order valence-electron chi connectivity index (χ0n) is 11.1. The molecule has 0 spiro atoms. The van der Waals surface area contributed by atoms with Crippen molar-refractivity contribution in [3.63, 3.8) is 0 Å². The summed E-state index contributed by atoms with van der Waals surface area (Å²) in [5, 5.41) is 2.78. The number of nitrogens with one attached hydrogen (secondary N) is 1. The number of benzene rings is 2. The van der Waals surface area contributed by atoms with Crippen molar-refractivity contribution in [2.45, 2.75) is 9.79 Å². The zero-order chi connectivity index (χ0) is 15.5. The first-order valence-electron chi connectivity index (χ1n) is 6.12. The summed E-state index contributed by atoms with van der Waals surface area (Å²) >= 11 is 0. The molecule has 0 radical (unpaired) electrons. The number of primary amides is 1. The molecular formula is C14H15N3O3S. The first-order valence-corrected chi connectivity index (χ1v) is 7.61. The largest absolute Gasteiger partial charge is 0.399 e. The molecule has 0 heterocycles. The molecular weight excluding hydrogens is 290 g/mol. The molecule has 0 aromatic heterocycles. The smallest absolute Gasteiger partial charge is 0.236 e. The number of amides is 1. The molecule has 0 saturated heterocycles. The second-order valence-electron chi connectivity index (χ2n) is 4.42. The molecule has 0 aliphatic carbocycles. The van der Waals surface area contributed by atoms with Crippen molar-refractivity contribution in [3.05, 3.63) is 48.5 Å². The Morgan fingerprint density at radius 2 is 1.43 bits per heavy atom. The van der Waals surface area contributed by atoms with Crippen LogP contribution in [0.3, 0.4) is 0 Å². The van der Waals surface area contributed by atoms with Gasteiger partial charge in [-0.3, -0.25) is 4.79 Å². The van der Waals surface area contributed by atoms with Crippen molar-refractivity contribution in [2.24, 2.45) is 5.73 Å². The zero-order valence-corrected chi connectivity index (χ0v) is 11.9. The van der Waals surface area contributed by atoms with Gasteiger partial charge in [0.1, 0.15) is 0 Å². The highest BCUT2D eigenvalue weighted by atomic mass is 32.2. The standard InChI is InChI=1S/C14H15N3O3S/c15-10-1-5-12(6-2-10)21(19,20)13-7-3-11(4-8-13)17-9-14(16)18/h1-8,17H,9,15H2,(H2,16,18). The Bertz CT molecular complexity index is 738. The maximum absolute atomic E-state index is 12.4. The highest BCUT2D eigenvalue weighted by Crippen LogP contribution is 2.23. The third-order valence-electron chi connectivity index (χ3n) is 2.82. The molecule has 21 heavy (non-hydrogen) atoms. The summed E-state index contributed by atoms with van der Waals surface area (Å²) in [6.07, 6.45) is 0. The van der Waals surface area contributed by atoms with E-state index in [1.54, 1.807) is 12.1 Å². The number of rotatable bonds is 5. The Morgan fingerprint density at radius 3 is 1.90 bits per heavy atom. The third-order valence-corrected chi connectivity index (χ3v) is 4.61. The molecule has 2 aromatic carbocycles. The third kappa shape index (κ3) is 3.51. The lowest BCUT2D eigenvalue weighted by molar-refractivity contribution is -0.116. The topological polar surface area (TPSA) is 115 Å². The van der Waals surface area contributed by atoms with Crippen molar-refractivity contribution in [1.29, 1.82) is 0 Å². The van der Waals surface area contributed by atoms with E-state index < -0.39 is 15.7 Å². The van der Waals surface area contributed by atoms with E-state index in [1.165, 1.54) is 36.4 Å². The summed E-state index contributed by atoms with van der Waals surface area (Å²) in [7, 11) is -3.58. The van der Waals surface area contributed by atoms with Gasteiger partial charge in [0.05, 0.1) is 16.3 Å². The minimum atomic E-state index is -3.58. The Morgan fingerprint density at radius 1 is 0.952 bits per heavy atom. The number of anilines is 2. The molecule has 0 unspecified atom stereocenters. The van der Waals surface area contributed by atoms with Crippen LogP contribution in [0.4, 0.5) is 11.4 Å². The molecule has 2 rings (SSSR count). The summed E-state index contributed by atoms with van der Waals surface area (Å²) in [6.45, 7) is -0.00986. The van der Waals surface area contributed by atoms with Crippen LogP contribution in [-0.4, -0.2) is 20.9 Å². The Labute approximate surface area is 122 Å². The van der Waals surface area contributed by atoms with Crippen LogP contribution in [0.15, 0.2) is 58.3 Å². The second-order valence-corrected chi connectivity index (χ2v) is 6.37. The van der Waals surface area contributed by atoms with Crippen molar-refractivity contribution in [3.8, 4) is 0 Å². The average Bonchev–Trinajstić information content (AvgIpc) is 2.46. The Balaban J connectivity index is 2.24. The molecule has 5 N–H and O–H groups in total. The van der Waals surface area contributed by atoms with E-state index in [-0.39, 0.29) is 16.3 Å². The molecule has 0 atom stereocenters. The number of hydrogen-bond acceptors (Lipinski definition) is 5. The first kappa shape index (κ1) is 14.9. The van der Waals surface area contributed by atoms with Crippen LogP contribution in [0, 0.1) is 0 Å². The van der Waals surface area contributed by atoms with Crippen LogP contribution in [0.1, 0.15) is 0 Å².